The van der Waals surface area contributed by atoms with Crippen LogP contribution in [-0.4, -0.2) is 25.8 Å². The van der Waals surface area contributed by atoms with Crippen LogP contribution in [0.5, 0.6) is 0 Å². The van der Waals surface area contributed by atoms with Crippen LogP contribution in [0.2, 0.25) is 0 Å². The highest BCUT2D eigenvalue weighted by Gasteiger charge is 2.26. The van der Waals surface area contributed by atoms with Gasteiger partial charge in [0.2, 0.25) is 10.0 Å². The molecule has 0 aliphatic rings. The molecule has 0 spiro atoms. The Morgan fingerprint density at radius 3 is 2.31 bits per heavy atom. The summed E-state index contributed by atoms with van der Waals surface area (Å²) < 4.78 is 31.0. The van der Waals surface area contributed by atoms with E-state index in [4.69, 9.17) is 16.0 Å². The third-order valence-corrected chi connectivity index (χ3v) is 4.80. The number of nitrogens with zero attached hydrogens (tertiary/aromatic N) is 1. The Kier molecular flexibility index (Phi) is 4.41. The van der Waals surface area contributed by atoms with E-state index < -0.39 is 10.0 Å². The molecule has 0 bridgehead atoms. The minimum Gasteiger partial charge on any atom is -0.464 e. The molecule has 1 aromatic rings. The molecular weight excluding hydrogens is 250 g/mol. The fraction of sp³-hybridized carbons (Fsp3) is 0.600. The summed E-state index contributed by atoms with van der Waals surface area (Å²) in [5.41, 5.74) is 0. The lowest BCUT2D eigenvalue weighted by Gasteiger charge is -2.17. The molecule has 1 aromatic heterocycles. The molecule has 0 saturated carbocycles. The van der Waals surface area contributed by atoms with Crippen LogP contribution in [0.3, 0.4) is 0 Å². The number of alkyl halides is 1. The largest absolute Gasteiger partial charge is 0.464 e. The first-order valence-corrected chi connectivity index (χ1v) is 7.10. The van der Waals surface area contributed by atoms with Crippen LogP contribution in [-0.2, 0) is 15.9 Å². The minimum atomic E-state index is -3.44. The van der Waals surface area contributed by atoms with Crippen LogP contribution in [0.15, 0.2) is 15.4 Å². The highest BCUT2D eigenvalue weighted by atomic mass is 35.5. The van der Waals surface area contributed by atoms with Gasteiger partial charge in [0.25, 0.3) is 0 Å². The second-order valence-corrected chi connectivity index (χ2v) is 5.53. The predicted molar refractivity (Wildman–Crippen MR) is 63.1 cm³/mol. The molecule has 0 amide bonds. The zero-order valence-electron chi connectivity index (χ0n) is 9.66. The first-order chi connectivity index (χ1) is 7.47. The van der Waals surface area contributed by atoms with Crippen molar-refractivity contribution in [3.63, 3.8) is 0 Å². The highest BCUT2D eigenvalue weighted by molar-refractivity contribution is 7.89. The molecule has 0 aliphatic carbocycles. The number of hydrogen-bond acceptors (Lipinski definition) is 3. The number of sulfonamides is 1. The molecule has 0 unspecified atom stereocenters. The molecule has 4 nitrogen and oxygen atoms in total. The van der Waals surface area contributed by atoms with Crippen LogP contribution < -0.4 is 0 Å². The molecule has 16 heavy (non-hydrogen) atoms. The molecule has 0 saturated heterocycles. The van der Waals surface area contributed by atoms with Crippen molar-refractivity contribution in [1.29, 1.82) is 0 Å². The van der Waals surface area contributed by atoms with Gasteiger partial charge < -0.3 is 4.42 Å². The summed E-state index contributed by atoms with van der Waals surface area (Å²) >= 11 is 5.61. The Morgan fingerprint density at radius 1 is 1.38 bits per heavy atom. The van der Waals surface area contributed by atoms with Gasteiger partial charge in [0.15, 0.2) is 0 Å². The summed E-state index contributed by atoms with van der Waals surface area (Å²) in [5.74, 6) is 1.04. The zero-order valence-corrected chi connectivity index (χ0v) is 11.2. The van der Waals surface area contributed by atoms with Crippen molar-refractivity contribution in [1.82, 2.24) is 4.31 Å². The Hall–Kier alpha value is -0.520. The van der Waals surface area contributed by atoms with Gasteiger partial charge in [-0.1, -0.05) is 13.8 Å². The standard InChI is InChI=1S/C10H16ClNO3S/c1-4-12(5-2)16(13,14)10-6-9(7-11)15-8(10)3/h6H,4-5,7H2,1-3H3. The molecule has 0 N–H and O–H groups in total. The van der Waals surface area contributed by atoms with E-state index in [0.29, 0.717) is 24.6 Å². The van der Waals surface area contributed by atoms with Crippen molar-refractivity contribution in [3.8, 4) is 0 Å². The average molecular weight is 266 g/mol. The average Bonchev–Trinajstić information content (AvgIpc) is 2.61. The monoisotopic (exact) mass is 265 g/mol. The lowest BCUT2D eigenvalue weighted by molar-refractivity contribution is 0.440. The number of furan rings is 1. The maximum absolute atomic E-state index is 12.2. The van der Waals surface area contributed by atoms with E-state index in [0.717, 1.165) is 0 Å². The maximum Gasteiger partial charge on any atom is 0.246 e. The van der Waals surface area contributed by atoms with Crippen molar-refractivity contribution < 1.29 is 12.8 Å². The molecular formula is C10H16ClNO3S. The molecule has 0 aromatic carbocycles. The van der Waals surface area contributed by atoms with Crippen molar-refractivity contribution >= 4 is 21.6 Å². The van der Waals surface area contributed by atoms with Crippen molar-refractivity contribution in [2.24, 2.45) is 0 Å². The van der Waals surface area contributed by atoms with Crippen LogP contribution in [0.1, 0.15) is 25.4 Å². The molecule has 0 fully saturated rings. The molecule has 0 atom stereocenters. The van der Waals surface area contributed by atoms with Gasteiger partial charge in [-0.15, -0.1) is 11.6 Å². The first-order valence-electron chi connectivity index (χ1n) is 5.12. The van der Waals surface area contributed by atoms with E-state index in [9.17, 15) is 8.42 Å². The molecule has 1 rings (SSSR count). The van der Waals surface area contributed by atoms with Gasteiger partial charge in [-0.2, -0.15) is 4.31 Å². The van der Waals surface area contributed by atoms with Crippen molar-refractivity contribution in [2.75, 3.05) is 13.1 Å². The van der Waals surface area contributed by atoms with Gasteiger partial charge in [-0.25, -0.2) is 8.42 Å². The van der Waals surface area contributed by atoms with Gasteiger partial charge in [0.05, 0.1) is 5.88 Å². The lowest BCUT2D eigenvalue weighted by Crippen LogP contribution is -2.30. The maximum atomic E-state index is 12.2. The van der Waals surface area contributed by atoms with Gasteiger partial charge in [-0.05, 0) is 6.92 Å². The Morgan fingerprint density at radius 2 is 1.94 bits per heavy atom. The third kappa shape index (κ3) is 2.42. The van der Waals surface area contributed by atoms with Crippen LogP contribution >= 0.6 is 11.6 Å². The van der Waals surface area contributed by atoms with Crippen LogP contribution in [0.4, 0.5) is 0 Å². The van der Waals surface area contributed by atoms with Gasteiger partial charge in [0.1, 0.15) is 16.4 Å². The topological polar surface area (TPSA) is 50.5 Å². The first kappa shape index (κ1) is 13.5. The van der Waals surface area contributed by atoms with E-state index in [-0.39, 0.29) is 10.8 Å². The van der Waals surface area contributed by atoms with Gasteiger partial charge >= 0.3 is 0 Å². The highest BCUT2D eigenvalue weighted by Crippen LogP contribution is 2.24. The minimum absolute atomic E-state index is 0.175. The van der Waals surface area contributed by atoms with Crippen molar-refractivity contribution in [2.45, 2.75) is 31.5 Å². The fourth-order valence-electron chi connectivity index (χ4n) is 1.55. The third-order valence-electron chi connectivity index (χ3n) is 2.38. The summed E-state index contributed by atoms with van der Waals surface area (Å²) in [6.07, 6.45) is 0. The van der Waals surface area contributed by atoms with E-state index in [1.807, 2.05) is 0 Å². The summed E-state index contributed by atoms with van der Waals surface area (Å²) in [6.45, 7) is 6.13. The number of rotatable bonds is 5. The Balaban J connectivity index is 3.21. The summed E-state index contributed by atoms with van der Waals surface area (Å²) in [7, 11) is -3.44. The predicted octanol–water partition coefficient (Wildman–Crippen LogP) is 2.36. The zero-order chi connectivity index (χ0) is 12.3. The molecule has 0 aliphatic heterocycles. The fourth-order valence-corrected chi connectivity index (χ4v) is 3.32. The second kappa shape index (κ2) is 5.21. The van der Waals surface area contributed by atoms with E-state index >= 15 is 0 Å². The van der Waals surface area contributed by atoms with Crippen LogP contribution in [0.25, 0.3) is 0 Å². The summed E-state index contributed by atoms with van der Waals surface area (Å²) in [4.78, 5) is 0.215. The summed E-state index contributed by atoms with van der Waals surface area (Å²) in [6, 6.07) is 1.50. The Labute approximate surface area is 101 Å². The Bertz CT molecular complexity index is 449. The normalized spacial score (nSPS) is 12.3. The molecule has 1 heterocycles. The number of hydrogen-bond donors (Lipinski definition) is 0. The summed E-state index contributed by atoms with van der Waals surface area (Å²) in [5, 5.41) is 0. The number of halogens is 1. The van der Waals surface area contributed by atoms with Crippen molar-refractivity contribution in [3.05, 3.63) is 17.6 Å². The smallest absolute Gasteiger partial charge is 0.246 e. The van der Waals surface area contributed by atoms with E-state index in [2.05, 4.69) is 0 Å². The quantitative estimate of drug-likeness (QED) is 0.768. The van der Waals surface area contributed by atoms with E-state index in [1.165, 1.54) is 10.4 Å². The SMILES string of the molecule is CCN(CC)S(=O)(=O)c1cc(CCl)oc1C. The lowest BCUT2D eigenvalue weighted by atomic mass is 10.4. The van der Waals surface area contributed by atoms with Gasteiger partial charge in [0, 0.05) is 19.2 Å². The molecule has 92 valence electrons. The van der Waals surface area contributed by atoms with Crippen LogP contribution in [0, 0.1) is 6.92 Å². The van der Waals surface area contributed by atoms with E-state index in [1.54, 1.807) is 20.8 Å². The number of aryl methyl sites for hydroxylation is 1. The second-order valence-electron chi connectivity index (χ2n) is 3.36. The molecule has 6 heteroatoms. The molecule has 0 radical (unpaired) electrons. The van der Waals surface area contributed by atoms with Gasteiger partial charge in [-0.3, -0.25) is 0 Å².